The Morgan fingerprint density at radius 2 is 2.30 bits per heavy atom. The summed E-state index contributed by atoms with van der Waals surface area (Å²) in [5, 5.41) is 11.9. The maximum absolute atomic E-state index is 10.6. The second-order valence-corrected chi connectivity index (χ2v) is 3.49. The summed E-state index contributed by atoms with van der Waals surface area (Å²) in [7, 11) is 0. The highest BCUT2D eigenvalue weighted by atomic mass is 16.4. The molecule has 56 valence electrons. The van der Waals surface area contributed by atoms with Crippen molar-refractivity contribution in [2.45, 2.75) is 31.3 Å². The van der Waals surface area contributed by atoms with E-state index in [4.69, 9.17) is 5.11 Å². The molecule has 2 aliphatic heterocycles. The molecular weight excluding hydrogens is 130 g/mol. The van der Waals surface area contributed by atoms with Crippen LogP contribution in [0.3, 0.4) is 0 Å². The molecule has 0 radical (unpaired) electrons. The van der Waals surface area contributed by atoms with Crippen LogP contribution in [0.1, 0.15) is 19.8 Å². The van der Waals surface area contributed by atoms with Crippen molar-refractivity contribution in [2.75, 3.05) is 0 Å². The Bertz CT molecular complexity index is 184. The van der Waals surface area contributed by atoms with Gasteiger partial charge in [0.05, 0.1) is 0 Å². The van der Waals surface area contributed by atoms with Crippen LogP contribution < -0.4 is 5.32 Å². The van der Waals surface area contributed by atoms with Gasteiger partial charge in [-0.2, -0.15) is 0 Å². The van der Waals surface area contributed by atoms with Gasteiger partial charge in [-0.3, -0.25) is 10.1 Å². The summed E-state index contributed by atoms with van der Waals surface area (Å²) in [5.41, 5.74) is -0.524. The van der Waals surface area contributed by atoms with Crippen molar-refractivity contribution in [1.82, 2.24) is 5.32 Å². The molecule has 0 aromatic rings. The summed E-state index contributed by atoms with van der Waals surface area (Å²) in [5.74, 6) is -0.0517. The number of hydrogen-bond donors (Lipinski definition) is 2. The molecule has 10 heavy (non-hydrogen) atoms. The van der Waals surface area contributed by atoms with Crippen LogP contribution in [0.4, 0.5) is 0 Å². The average molecular weight is 141 g/mol. The normalized spacial score (nSPS) is 50.5. The third-order valence-corrected chi connectivity index (χ3v) is 2.84. The van der Waals surface area contributed by atoms with Gasteiger partial charge in [0.1, 0.15) is 5.54 Å². The molecule has 0 spiro atoms. The summed E-state index contributed by atoms with van der Waals surface area (Å²) in [6.07, 6.45) is 1.67. The average Bonchev–Trinajstić information content (AvgIpc) is 2.16. The monoisotopic (exact) mass is 141 g/mol. The number of carboxylic acid groups (broad SMARTS) is 1. The van der Waals surface area contributed by atoms with E-state index >= 15 is 0 Å². The second-order valence-electron chi connectivity index (χ2n) is 3.49. The van der Waals surface area contributed by atoms with Crippen LogP contribution >= 0.6 is 0 Å². The third kappa shape index (κ3) is 0.515. The Kier molecular flexibility index (Phi) is 0.944. The van der Waals surface area contributed by atoms with Crippen molar-refractivity contribution in [2.24, 2.45) is 5.92 Å². The Hall–Kier alpha value is -0.570. The zero-order valence-corrected chi connectivity index (χ0v) is 5.92. The summed E-state index contributed by atoms with van der Waals surface area (Å²) in [6.45, 7) is 2.06. The van der Waals surface area contributed by atoms with E-state index in [0.717, 1.165) is 12.8 Å². The van der Waals surface area contributed by atoms with Crippen LogP contribution in [0.5, 0.6) is 0 Å². The van der Waals surface area contributed by atoms with Gasteiger partial charge in [0.25, 0.3) is 0 Å². The molecule has 2 heterocycles. The highest BCUT2D eigenvalue weighted by molar-refractivity contribution is 5.81. The fraction of sp³-hybridized carbons (Fsp3) is 0.857. The Morgan fingerprint density at radius 3 is 2.50 bits per heavy atom. The zero-order valence-electron chi connectivity index (χ0n) is 5.92. The predicted octanol–water partition coefficient (Wildman–Crippen LogP) is 0.211. The van der Waals surface area contributed by atoms with E-state index in [9.17, 15) is 4.79 Å². The van der Waals surface area contributed by atoms with Crippen molar-refractivity contribution in [3.05, 3.63) is 0 Å². The summed E-state index contributed by atoms with van der Waals surface area (Å²) < 4.78 is 0. The molecule has 2 saturated heterocycles. The highest BCUT2D eigenvalue weighted by Gasteiger charge is 2.58. The lowest BCUT2D eigenvalue weighted by Gasteiger charge is -2.32. The summed E-state index contributed by atoms with van der Waals surface area (Å²) >= 11 is 0. The van der Waals surface area contributed by atoms with Gasteiger partial charge in [-0.05, 0) is 25.7 Å². The van der Waals surface area contributed by atoms with E-state index in [1.807, 2.05) is 0 Å². The number of carbonyl (C=O) groups is 1. The summed E-state index contributed by atoms with van der Waals surface area (Å²) in [4.78, 5) is 10.6. The molecule has 3 nitrogen and oxygen atoms in total. The van der Waals surface area contributed by atoms with E-state index in [0.29, 0.717) is 12.0 Å². The molecule has 3 rings (SSSR count). The van der Waals surface area contributed by atoms with E-state index in [1.54, 1.807) is 0 Å². The van der Waals surface area contributed by atoms with Gasteiger partial charge >= 0.3 is 5.97 Å². The first kappa shape index (κ1) is 6.16. The maximum Gasteiger partial charge on any atom is 0.323 e. The van der Waals surface area contributed by atoms with E-state index in [1.165, 1.54) is 0 Å². The van der Waals surface area contributed by atoms with Crippen molar-refractivity contribution >= 4 is 5.97 Å². The lowest BCUT2D eigenvalue weighted by Crippen LogP contribution is -2.50. The molecule has 3 aliphatic rings. The molecule has 3 fully saturated rings. The maximum atomic E-state index is 10.6. The number of hydrogen-bond acceptors (Lipinski definition) is 2. The number of fused-ring (bicyclic) bond motifs is 1. The summed E-state index contributed by atoms with van der Waals surface area (Å²) in [6, 6.07) is 0.413. The van der Waals surface area contributed by atoms with Crippen LogP contribution in [0, 0.1) is 5.92 Å². The molecule has 0 aromatic heterocycles. The lowest BCUT2D eigenvalue weighted by molar-refractivity contribution is -0.147. The van der Waals surface area contributed by atoms with Gasteiger partial charge in [-0.15, -0.1) is 0 Å². The van der Waals surface area contributed by atoms with Crippen LogP contribution in [-0.2, 0) is 4.79 Å². The molecular formula is C7H11NO2. The first-order valence-electron chi connectivity index (χ1n) is 3.65. The number of rotatable bonds is 1. The van der Waals surface area contributed by atoms with Crippen molar-refractivity contribution in [3.63, 3.8) is 0 Å². The smallest absolute Gasteiger partial charge is 0.323 e. The molecule has 2 N–H and O–H groups in total. The standard InChI is InChI=1S/C7H11NO2/c1-4-5-2-7(3-5,8-4)6(9)10/h4-5,8H,2-3H2,1H3,(H,9,10). The van der Waals surface area contributed by atoms with Gasteiger partial charge in [0.15, 0.2) is 0 Å². The quantitative estimate of drug-likeness (QED) is 0.549. The van der Waals surface area contributed by atoms with Crippen LogP contribution in [0.15, 0.2) is 0 Å². The largest absolute Gasteiger partial charge is 0.480 e. The van der Waals surface area contributed by atoms with E-state index in [-0.39, 0.29) is 0 Å². The Labute approximate surface area is 59.4 Å². The minimum atomic E-state index is -0.673. The number of aliphatic carboxylic acids is 1. The van der Waals surface area contributed by atoms with E-state index < -0.39 is 11.5 Å². The fourth-order valence-corrected chi connectivity index (χ4v) is 2.10. The molecule has 0 aromatic carbocycles. The Morgan fingerprint density at radius 1 is 1.70 bits per heavy atom. The van der Waals surface area contributed by atoms with Crippen LogP contribution in [0.2, 0.25) is 0 Å². The van der Waals surface area contributed by atoms with E-state index in [2.05, 4.69) is 12.2 Å². The molecule has 3 heteroatoms. The number of nitrogens with one attached hydrogen (secondary N) is 1. The molecule has 0 amide bonds. The van der Waals surface area contributed by atoms with Gasteiger partial charge in [-0.1, -0.05) is 0 Å². The third-order valence-electron chi connectivity index (χ3n) is 2.84. The molecule has 2 bridgehead atoms. The number of carboxylic acids is 1. The fourth-order valence-electron chi connectivity index (χ4n) is 2.10. The minimum absolute atomic E-state index is 0.413. The predicted molar refractivity (Wildman–Crippen MR) is 35.7 cm³/mol. The first-order chi connectivity index (χ1) is 4.64. The zero-order chi connectivity index (χ0) is 7.35. The van der Waals surface area contributed by atoms with Gasteiger partial charge < -0.3 is 5.11 Å². The highest BCUT2D eigenvalue weighted by Crippen LogP contribution is 2.47. The lowest BCUT2D eigenvalue weighted by atomic mass is 9.72. The molecule has 1 unspecified atom stereocenters. The SMILES string of the molecule is CC1NC2(C(=O)O)CC1C2. The molecule has 1 atom stereocenters. The van der Waals surface area contributed by atoms with Gasteiger partial charge in [0.2, 0.25) is 0 Å². The van der Waals surface area contributed by atoms with Crippen molar-refractivity contribution in [3.8, 4) is 0 Å². The molecule has 1 saturated carbocycles. The first-order valence-corrected chi connectivity index (χ1v) is 3.65. The second kappa shape index (κ2) is 1.53. The van der Waals surface area contributed by atoms with Crippen LogP contribution in [0.25, 0.3) is 0 Å². The van der Waals surface area contributed by atoms with Crippen LogP contribution in [-0.4, -0.2) is 22.7 Å². The minimum Gasteiger partial charge on any atom is -0.480 e. The van der Waals surface area contributed by atoms with Gasteiger partial charge in [0, 0.05) is 6.04 Å². The topological polar surface area (TPSA) is 49.3 Å². The van der Waals surface area contributed by atoms with Crippen molar-refractivity contribution in [1.29, 1.82) is 0 Å². The molecule has 1 aliphatic carbocycles. The van der Waals surface area contributed by atoms with Gasteiger partial charge in [-0.25, -0.2) is 0 Å². The van der Waals surface area contributed by atoms with Crippen molar-refractivity contribution < 1.29 is 9.90 Å². The Balaban J connectivity index is 2.18.